The summed E-state index contributed by atoms with van der Waals surface area (Å²) in [7, 11) is 3.14. The molecule has 2 aromatic carbocycles. The molecule has 1 atom stereocenters. The molecule has 1 fully saturated rings. The van der Waals surface area contributed by atoms with Gasteiger partial charge >= 0.3 is 0 Å². The van der Waals surface area contributed by atoms with Crippen LogP contribution in [0.5, 0.6) is 11.5 Å². The van der Waals surface area contributed by atoms with Gasteiger partial charge in [0.1, 0.15) is 17.3 Å². The summed E-state index contributed by atoms with van der Waals surface area (Å²) in [6.45, 7) is 5.27. The van der Waals surface area contributed by atoms with Crippen LogP contribution in [0.1, 0.15) is 42.5 Å². The lowest BCUT2D eigenvalue weighted by Crippen LogP contribution is -2.31. The van der Waals surface area contributed by atoms with Gasteiger partial charge in [-0.2, -0.15) is 0 Å². The molecule has 0 bridgehead atoms. The molecule has 0 radical (unpaired) electrons. The van der Waals surface area contributed by atoms with Crippen LogP contribution < -0.4 is 9.47 Å². The number of ether oxygens (including phenoxy) is 3. The van der Waals surface area contributed by atoms with E-state index in [1.807, 2.05) is 19.9 Å². The van der Waals surface area contributed by atoms with E-state index in [1.54, 1.807) is 50.6 Å². The van der Waals surface area contributed by atoms with Gasteiger partial charge in [-0.15, -0.1) is 0 Å². The molecule has 1 saturated heterocycles. The molecule has 0 saturated carbocycles. The van der Waals surface area contributed by atoms with Crippen molar-refractivity contribution in [2.24, 2.45) is 0 Å². The van der Waals surface area contributed by atoms with Gasteiger partial charge in [0, 0.05) is 25.8 Å². The number of carbonyl (C=O) groups excluding carboxylic acids is 2. The largest absolute Gasteiger partial charge is 0.507 e. The van der Waals surface area contributed by atoms with Crippen molar-refractivity contribution in [3.05, 3.63) is 64.7 Å². The number of aliphatic hydroxyl groups excluding tert-OH is 1. The van der Waals surface area contributed by atoms with Crippen LogP contribution in [0.15, 0.2) is 48.0 Å². The summed E-state index contributed by atoms with van der Waals surface area (Å²) in [5.74, 6) is -0.233. The van der Waals surface area contributed by atoms with E-state index in [-0.39, 0.29) is 11.3 Å². The Morgan fingerprint density at radius 3 is 2.55 bits per heavy atom. The molecule has 0 aliphatic carbocycles. The molecular weight excluding hydrogens is 422 g/mol. The number of likely N-dealkylation sites (tertiary alicyclic amines) is 1. The lowest BCUT2D eigenvalue weighted by molar-refractivity contribution is -0.140. The smallest absolute Gasteiger partial charge is 0.295 e. The van der Waals surface area contributed by atoms with E-state index >= 15 is 0 Å². The molecule has 1 N–H and O–H groups in total. The van der Waals surface area contributed by atoms with Gasteiger partial charge in [0.2, 0.25) is 0 Å². The predicted octanol–water partition coefficient (Wildman–Crippen LogP) is 4.25. The molecule has 3 rings (SSSR count). The van der Waals surface area contributed by atoms with Crippen LogP contribution in [-0.4, -0.2) is 55.7 Å². The molecule has 1 unspecified atom stereocenters. The number of hydrogen-bond acceptors (Lipinski definition) is 6. The number of hydrogen-bond donors (Lipinski definition) is 1. The second-order valence-corrected chi connectivity index (χ2v) is 7.94. The summed E-state index contributed by atoms with van der Waals surface area (Å²) in [4.78, 5) is 27.6. The maximum Gasteiger partial charge on any atom is 0.295 e. The molecule has 1 heterocycles. The first-order valence-corrected chi connectivity index (χ1v) is 11.1. The van der Waals surface area contributed by atoms with Crippen molar-refractivity contribution >= 4 is 17.4 Å². The monoisotopic (exact) mass is 453 g/mol. The summed E-state index contributed by atoms with van der Waals surface area (Å²) >= 11 is 0. The third kappa shape index (κ3) is 5.20. The number of methoxy groups -OCH3 is 2. The third-order valence-corrected chi connectivity index (χ3v) is 5.61. The van der Waals surface area contributed by atoms with Crippen LogP contribution in [0.2, 0.25) is 0 Å². The van der Waals surface area contributed by atoms with Crippen LogP contribution >= 0.6 is 0 Å². The first kappa shape index (κ1) is 24.3. The Morgan fingerprint density at radius 2 is 1.88 bits per heavy atom. The van der Waals surface area contributed by atoms with Crippen molar-refractivity contribution in [3.8, 4) is 11.5 Å². The molecule has 2 aromatic rings. The van der Waals surface area contributed by atoms with Gasteiger partial charge in [-0.25, -0.2) is 0 Å². The van der Waals surface area contributed by atoms with Crippen LogP contribution in [0.3, 0.4) is 0 Å². The number of ketones is 1. The van der Waals surface area contributed by atoms with E-state index in [2.05, 4.69) is 0 Å². The number of aryl methyl sites for hydroxylation is 1. The van der Waals surface area contributed by atoms with Crippen molar-refractivity contribution < 1.29 is 28.9 Å². The Morgan fingerprint density at radius 1 is 1.09 bits per heavy atom. The predicted molar refractivity (Wildman–Crippen MR) is 125 cm³/mol. The highest BCUT2D eigenvalue weighted by molar-refractivity contribution is 6.46. The number of Topliss-reactive ketones (excluding diaryl/α,β-unsaturated/α-hetero) is 1. The van der Waals surface area contributed by atoms with Gasteiger partial charge < -0.3 is 24.2 Å². The highest BCUT2D eigenvalue weighted by Gasteiger charge is 2.45. The van der Waals surface area contributed by atoms with Crippen molar-refractivity contribution in [2.45, 2.75) is 32.7 Å². The number of amides is 1. The van der Waals surface area contributed by atoms with E-state index in [9.17, 15) is 14.7 Å². The van der Waals surface area contributed by atoms with E-state index in [1.165, 1.54) is 4.90 Å². The lowest BCUT2D eigenvalue weighted by Gasteiger charge is -2.25. The summed E-state index contributed by atoms with van der Waals surface area (Å²) in [5, 5.41) is 11.2. The van der Waals surface area contributed by atoms with E-state index in [0.29, 0.717) is 43.1 Å². The molecule has 1 aliphatic heterocycles. The molecule has 7 nitrogen and oxygen atoms in total. The molecule has 0 spiro atoms. The summed E-state index contributed by atoms with van der Waals surface area (Å²) in [6.07, 6.45) is 1.45. The normalized spacial score (nSPS) is 17.5. The summed E-state index contributed by atoms with van der Waals surface area (Å²) in [5.41, 5.74) is 2.04. The van der Waals surface area contributed by atoms with Gasteiger partial charge in [0.05, 0.1) is 25.3 Å². The number of aliphatic hydroxyl groups is 1. The average molecular weight is 454 g/mol. The van der Waals surface area contributed by atoms with Crippen LogP contribution in [0.25, 0.3) is 5.76 Å². The van der Waals surface area contributed by atoms with Crippen LogP contribution in [0, 0.1) is 6.92 Å². The fourth-order valence-corrected chi connectivity index (χ4v) is 3.97. The standard InChI is InChI=1S/C26H31NO6/c1-5-13-33-21-11-10-19(15-17(21)2)24(28)22-23(18-8-6-9-20(16-18)32-4)27(12-7-14-31-3)26(30)25(22)29/h6,8-11,15-16,23,28H,5,7,12-14H2,1-4H3/b24-22-. The van der Waals surface area contributed by atoms with E-state index in [0.717, 1.165) is 17.7 Å². The number of benzene rings is 2. The molecule has 1 amide bonds. The Bertz CT molecular complexity index is 1040. The number of carbonyl (C=O) groups is 2. The topological polar surface area (TPSA) is 85.3 Å². The first-order valence-electron chi connectivity index (χ1n) is 11.1. The number of rotatable bonds is 10. The molecule has 176 valence electrons. The summed E-state index contributed by atoms with van der Waals surface area (Å²) < 4.78 is 16.2. The zero-order valence-electron chi connectivity index (χ0n) is 19.6. The Kier molecular flexibility index (Phi) is 8.11. The Balaban J connectivity index is 2.09. The Labute approximate surface area is 194 Å². The van der Waals surface area contributed by atoms with Crippen molar-refractivity contribution in [2.75, 3.05) is 34.0 Å². The van der Waals surface area contributed by atoms with Crippen molar-refractivity contribution in [3.63, 3.8) is 0 Å². The van der Waals surface area contributed by atoms with Gasteiger partial charge in [0.15, 0.2) is 0 Å². The fourth-order valence-electron chi connectivity index (χ4n) is 3.97. The second-order valence-electron chi connectivity index (χ2n) is 7.94. The van der Waals surface area contributed by atoms with Crippen molar-refractivity contribution in [1.29, 1.82) is 0 Å². The quantitative estimate of drug-likeness (QED) is 0.251. The zero-order valence-corrected chi connectivity index (χ0v) is 19.6. The molecule has 1 aliphatic rings. The Hall–Kier alpha value is -3.32. The van der Waals surface area contributed by atoms with Gasteiger partial charge in [0.25, 0.3) is 11.7 Å². The maximum absolute atomic E-state index is 13.1. The maximum atomic E-state index is 13.1. The highest BCUT2D eigenvalue weighted by atomic mass is 16.5. The minimum absolute atomic E-state index is 0.0623. The second kappa shape index (κ2) is 11.0. The average Bonchev–Trinajstić information content (AvgIpc) is 3.08. The van der Waals surface area contributed by atoms with E-state index in [4.69, 9.17) is 14.2 Å². The minimum atomic E-state index is -0.728. The van der Waals surface area contributed by atoms with Crippen molar-refractivity contribution in [1.82, 2.24) is 4.90 Å². The molecular formula is C26H31NO6. The van der Waals surface area contributed by atoms with Gasteiger partial charge in [-0.3, -0.25) is 9.59 Å². The summed E-state index contributed by atoms with van der Waals surface area (Å²) in [6, 6.07) is 11.7. The van der Waals surface area contributed by atoms with Crippen LogP contribution in [0.4, 0.5) is 0 Å². The molecule has 7 heteroatoms. The first-order chi connectivity index (χ1) is 15.9. The highest BCUT2D eigenvalue weighted by Crippen LogP contribution is 2.40. The fraction of sp³-hybridized carbons (Fsp3) is 0.385. The van der Waals surface area contributed by atoms with Gasteiger partial charge in [-0.1, -0.05) is 19.1 Å². The van der Waals surface area contributed by atoms with Gasteiger partial charge in [-0.05, 0) is 61.2 Å². The SMILES string of the molecule is CCCOc1ccc(/C(O)=C2/C(=O)C(=O)N(CCCOC)C2c2cccc(OC)c2)cc1C. The minimum Gasteiger partial charge on any atom is -0.507 e. The number of nitrogens with zero attached hydrogens (tertiary/aromatic N) is 1. The molecule has 0 aromatic heterocycles. The van der Waals surface area contributed by atoms with E-state index < -0.39 is 17.7 Å². The van der Waals surface area contributed by atoms with Crippen LogP contribution in [-0.2, 0) is 14.3 Å². The molecule has 33 heavy (non-hydrogen) atoms. The third-order valence-electron chi connectivity index (χ3n) is 5.61. The lowest BCUT2D eigenvalue weighted by atomic mass is 9.94. The zero-order chi connectivity index (χ0) is 24.0.